The summed E-state index contributed by atoms with van der Waals surface area (Å²) in [6.45, 7) is 0. The lowest BCUT2D eigenvalue weighted by molar-refractivity contribution is 0.493. The van der Waals surface area contributed by atoms with Crippen LogP contribution in [0.4, 0.5) is 8.78 Å². The quantitative estimate of drug-likeness (QED) is 0.670. The van der Waals surface area contributed by atoms with Gasteiger partial charge >= 0.3 is 0 Å². The minimum Gasteiger partial charge on any atom is -0.271 e. The summed E-state index contributed by atoms with van der Waals surface area (Å²) in [5.41, 5.74) is 3.18. The highest BCUT2D eigenvalue weighted by Gasteiger charge is 2.17. The molecular formula is C13H12ClF2N3. The number of halogens is 3. The molecule has 2 rings (SSSR count). The number of pyridine rings is 1. The predicted molar refractivity (Wildman–Crippen MR) is 69.4 cm³/mol. The Kier molecular flexibility index (Phi) is 4.42. The van der Waals surface area contributed by atoms with E-state index in [0.29, 0.717) is 10.6 Å². The van der Waals surface area contributed by atoms with Crippen LogP contribution < -0.4 is 11.3 Å². The predicted octanol–water partition coefficient (Wildman–Crippen LogP) is 2.76. The standard InChI is InChI=1S/C13H12ClF2N3/c14-10-4-3-9(15)6-8(10)7-12(19-17)13-11(16)2-1-5-18-13/h1-6,12,19H,7,17H2. The minimum atomic E-state index is -0.583. The molecule has 0 aliphatic heterocycles. The molecule has 0 saturated carbocycles. The van der Waals surface area contributed by atoms with E-state index in [0.717, 1.165) is 0 Å². The number of benzene rings is 1. The van der Waals surface area contributed by atoms with Gasteiger partial charge in [0.25, 0.3) is 0 Å². The van der Waals surface area contributed by atoms with Crippen LogP contribution in [0.3, 0.4) is 0 Å². The van der Waals surface area contributed by atoms with Crippen molar-refractivity contribution in [2.24, 2.45) is 5.84 Å². The fourth-order valence-electron chi connectivity index (χ4n) is 1.81. The van der Waals surface area contributed by atoms with Crippen molar-refractivity contribution in [2.45, 2.75) is 12.5 Å². The van der Waals surface area contributed by atoms with Crippen LogP contribution in [-0.2, 0) is 6.42 Å². The summed E-state index contributed by atoms with van der Waals surface area (Å²) in [6, 6.07) is 6.21. The summed E-state index contributed by atoms with van der Waals surface area (Å²) in [5.74, 6) is 4.54. The van der Waals surface area contributed by atoms with E-state index in [1.165, 1.54) is 36.5 Å². The van der Waals surface area contributed by atoms with E-state index in [2.05, 4.69) is 10.4 Å². The van der Waals surface area contributed by atoms with Crippen molar-refractivity contribution in [1.82, 2.24) is 10.4 Å². The number of hydrogen-bond acceptors (Lipinski definition) is 3. The van der Waals surface area contributed by atoms with Crippen LogP contribution in [0.2, 0.25) is 5.02 Å². The van der Waals surface area contributed by atoms with Gasteiger partial charge in [0, 0.05) is 11.2 Å². The molecule has 100 valence electrons. The van der Waals surface area contributed by atoms with E-state index < -0.39 is 17.7 Å². The lowest BCUT2D eigenvalue weighted by atomic mass is 10.0. The van der Waals surface area contributed by atoms with Crippen molar-refractivity contribution in [1.29, 1.82) is 0 Å². The van der Waals surface area contributed by atoms with Gasteiger partial charge in [-0.3, -0.25) is 16.3 Å². The van der Waals surface area contributed by atoms with Gasteiger partial charge in [-0.25, -0.2) is 8.78 Å². The first-order valence-electron chi connectivity index (χ1n) is 5.62. The van der Waals surface area contributed by atoms with Crippen LogP contribution in [0.5, 0.6) is 0 Å². The molecular weight excluding hydrogens is 272 g/mol. The SMILES string of the molecule is NNC(Cc1cc(F)ccc1Cl)c1ncccc1F. The Morgan fingerprint density at radius 1 is 1.32 bits per heavy atom. The van der Waals surface area contributed by atoms with Gasteiger partial charge in [-0.05, 0) is 42.3 Å². The van der Waals surface area contributed by atoms with Gasteiger partial charge in [-0.2, -0.15) is 0 Å². The molecule has 0 aliphatic rings. The number of nitrogens with zero attached hydrogens (tertiary/aromatic N) is 1. The molecule has 1 atom stereocenters. The molecule has 0 saturated heterocycles. The molecule has 1 aromatic carbocycles. The fraction of sp³-hybridized carbons (Fsp3) is 0.154. The molecule has 0 radical (unpaired) electrons. The molecule has 1 unspecified atom stereocenters. The normalized spacial score (nSPS) is 12.4. The van der Waals surface area contributed by atoms with Crippen LogP contribution in [0, 0.1) is 11.6 Å². The number of nitrogens with two attached hydrogens (primary N) is 1. The maximum atomic E-state index is 13.6. The smallest absolute Gasteiger partial charge is 0.146 e. The highest BCUT2D eigenvalue weighted by atomic mass is 35.5. The zero-order chi connectivity index (χ0) is 13.8. The van der Waals surface area contributed by atoms with Crippen molar-refractivity contribution < 1.29 is 8.78 Å². The summed E-state index contributed by atoms with van der Waals surface area (Å²) in [6.07, 6.45) is 1.71. The van der Waals surface area contributed by atoms with E-state index in [9.17, 15) is 8.78 Å². The van der Waals surface area contributed by atoms with Crippen molar-refractivity contribution in [2.75, 3.05) is 0 Å². The van der Waals surface area contributed by atoms with E-state index in [1.54, 1.807) is 0 Å². The Labute approximate surface area is 114 Å². The summed E-state index contributed by atoms with van der Waals surface area (Å²) in [7, 11) is 0. The molecule has 6 heteroatoms. The van der Waals surface area contributed by atoms with Crippen molar-refractivity contribution in [3.05, 3.63) is 64.4 Å². The zero-order valence-electron chi connectivity index (χ0n) is 9.91. The summed E-state index contributed by atoms with van der Waals surface area (Å²) < 4.78 is 26.8. The molecule has 1 heterocycles. The highest BCUT2D eigenvalue weighted by molar-refractivity contribution is 6.31. The highest BCUT2D eigenvalue weighted by Crippen LogP contribution is 2.24. The maximum Gasteiger partial charge on any atom is 0.146 e. The number of hydrogen-bond donors (Lipinski definition) is 2. The number of hydrazine groups is 1. The van der Waals surface area contributed by atoms with E-state index in [-0.39, 0.29) is 12.1 Å². The molecule has 0 bridgehead atoms. The van der Waals surface area contributed by atoms with Crippen molar-refractivity contribution in [3.8, 4) is 0 Å². The first-order chi connectivity index (χ1) is 9.11. The first kappa shape index (κ1) is 13.9. The molecule has 3 N–H and O–H groups in total. The van der Waals surface area contributed by atoms with Crippen LogP contribution in [0.1, 0.15) is 17.3 Å². The Bertz CT molecular complexity index is 578. The summed E-state index contributed by atoms with van der Waals surface area (Å²) >= 11 is 5.98. The number of aromatic nitrogens is 1. The molecule has 0 aliphatic carbocycles. The Hall–Kier alpha value is -1.56. The molecule has 0 fully saturated rings. The van der Waals surface area contributed by atoms with Gasteiger partial charge in [0.05, 0.1) is 11.7 Å². The fourth-order valence-corrected chi connectivity index (χ4v) is 2.00. The van der Waals surface area contributed by atoms with E-state index in [4.69, 9.17) is 17.4 Å². The van der Waals surface area contributed by atoms with Gasteiger partial charge in [0.2, 0.25) is 0 Å². The third kappa shape index (κ3) is 3.26. The second-order valence-corrected chi connectivity index (χ2v) is 4.44. The molecule has 3 nitrogen and oxygen atoms in total. The van der Waals surface area contributed by atoms with Crippen molar-refractivity contribution in [3.63, 3.8) is 0 Å². The van der Waals surface area contributed by atoms with E-state index >= 15 is 0 Å². The average Bonchev–Trinajstić information content (AvgIpc) is 2.41. The monoisotopic (exact) mass is 283 g/mol. The van der Waals surface area contributed by atoms with E-state index in [1.807, 2.05) is 0 Å². The summed E-state index contributed by atoms with van der Waals surface area (Å²) in [4.78, 5) is 3.94. The maximum absolute atomic E-state index is 13.6. The van der Waals surface area contributed by atoms with Crippen LogP contribution >= 0.6 is 11.6 Å². The topological polar surface area (TPSA) is 50.9 Å². The van der Waals surface area contributed by atoms with Gasteiger partial charge in [-0.15, -0.1) is 0 Å². The van der Waals surface area contributed by atoms with Gasteiger partial charge in [-0.1, -0.05) is 11.6 Å². The van der Waals surface area contributed by atoms with Gasteiger partial charge < -0.3 is 0 Å². The zero-order valence-corrected chi connectivity index (χ0v) is 10.7. The number of nitrogens with one attached hydrogen (secondary N) is 1. The molecule has 19 heavy (non-hydrogen) atoms. The first-order valence-corrected chi connectivity index (χ1v) is 6.00. The summed E-state index contributed by atoms with van der Waals surface area (Å²) in [5, 5.41) is 0.401. The van der Waals surface area contributed by atoms with Crippen LogP contribution in [0.15, 0.2) is 36.5 Å². The van der Waals surface area contributed by atoms with Gasteiger partial charge in [0.15, 0.2) is 0 Å². The Morgan fingerprint density at radius 2 is 2.11 bits per heavy atom. The molecule has 2 aromatic rings. The number of rotatable bonds is 4. The van der Waals surface area contributed by atoms with Crippen LogP contribution in [-0.4, -0.2) is 4.98 Å². The molecule has 0 spiro atoms. The lowest BCUT2D eigenvalue weighted by Gasteiger charge is -2.16. The lowest BCUT2D eigenvalue weighted by Crippen LogP contribution is -2.31. The van der Waals surface area contributed by atoms with Crippen LogP contribution in [0.25, 0.3) is 0 Å². The van der Waals surface area contributed by atoms with Gasteiger partial charge in [0.1, 0.15) is 11.6 Å². The largest absolute Gasteiger partial charge is 0.271 e. The van der Waals surface area contributed by atoms with Crippen molar-refractivity contribution >= 4 is 11.6 Å². The second-order valence-electron chi connectivity index (χ2n) is 4.03. The molecule has 0 amide bonds. The Balaban J connectivity index is 2.29. The molecule has 1 aromatic heterocycles. The second kappa shape index (κ2) is 6.06. The Morgan fingerprint density at radius 3 is 2.79 bits per heavy atom. The minimum absolute atomic E-state index is 0.172. The third-order valence-corrected chi connectivity index (χ3v) is 3.12. The third-order valence-electron chi connectivity index (χ3n) is 2.75. The average molecular weight is 284 g/mol.